The van der Waals surface area contributed by atoms with E-state index in [0.29, 0.717) is 12.1 Å². The van der Waals surface area contributed by atoms with Crippen molar-refractivity contribution in [3.63, 3.8) is 0 Å². The number of amides is 1. The van der Waals surface area contributed by atoms with Crippen LogP contribution in [0.5, 0.6) is 5.75 Å². The van der Waals surface area contributed by atoms with E-state index >= 15 is 0 Å². The van der Waals surface area contributed by atoms with E-state index < -0.39 is 5.82 Å². The van der Waals surface area contributed by atoms with Gasteiger partial charge in [-0.25, -0.2) is 4.39 Å². The summed E-state index contributed by atoms with van der Waals surface area (Å²) in [5, 5.41) is 9.74. The molecule has 3 N–H and O–H groups in total. The summed E-state index contributed by atoms with van der Waals surface area (Å²) >= 11 is 0. The summed E-state index contributed by atoms with van der Waals surface area (Å²) in [6, 6.07) is 3.95. The van der Waals surface area contributed by atoms with Gasteiger partial charge in [-0.15, -0.1) is 0 Å². The molecule has 98 valence electrons. The first-order valence-corrected chi connectivity index (χ1v) is 6.01. The summed E-state index contributed by atoms with van der Waals surface area (Å²) in [5.74, 6) is -0.923. The first-order chi connectivity index (χ1) is 8.49. The number of phenols is 1. The number of primary amides is 1. The second-order valence-electron chi connectivity index (χ2n) is 4.76. The molecular formula is C13H17FN2O2. The minimum atomic E-state index is -0.458. The molecule has 1 heterocycles. The number of nitrogens with two attached hydrogens (primary N) is 1. The van der Waals surface area contributed by atoms with Gasteiger partial charge in [0, 0.05) is 24.2 Å². The molecular weight excluding hydrogens is 235 g/mol. The van der Waals surface area contributed by atoms with Crippen molar-refractivity contribution in [2.24, 2.45) is 11.7 Å². The molecule has 1 aliphatic rings. The number of benzene rings is 1. The summed E-state index contributed by atoms with van der Waals surface area (Å²) < 4.78 is 12.9. The van der Waals surface area contributed by atoms with Gasteiger partial charge in [0.1, 0.15) is 11.6 Å². The highest BCUT2D eigenvalue weighted by atomic mass is 19.1. The van der Waals surface area contributed by atoms with Crippen molar-refractivity contribution >= 4 is 5.91 Å². The minimum absolute atomic E-state index is 0.0509. The summed E-state index contributed by atoms with van der Waals surface area (Å²) in [7, 11) is 0. The number of carbonyl (C=O) groups is 1. The van der Waals surface area contributed by atoms with Crippen LogP contribution in [0.3, 0.4) is 0 Å². The van der Waals surface area contributed by atoms with Crippen molar-refractivity contribution in [3.05, 3.63) is 29.6 Å². The Kier molecular flexibility index (Phi) is 3.52. The predicted octanol–water partition coefficient (Wildman–Crippen LogP) is 1.40. The van der Waals surface area contributed by atoms with E-state index in [9.17, 15) is 14.3 Å². The normalized spacial score (nSPS) is 22.0. The van der Waals surface area contributed by atoms with Gasteiger partial charge in [-0.3, -0.25) is 9.69 Å². The van der Waals surface area contributed by atoms with Crippen molar-refractivity contribution in [2.75, 3.05) is 13.1 Å². The highest BCUT2D eigenvalue weighted by molar-refractivity contribution is 5.77. The lowest BCUT2D eigenvalue weighted by atomic mass is 10.1. The van der Waals surface area contributed by atoms with Crippen LogP contribution in [0.1, 0.15) is 24.9 Å². The predicted molar refractivity (Wildman–Crippen MR) is 65.4 cm³/mol. The van der Waals surface area contributed by atoms with E-state index in [4.69, 9.17) is 5.73 Å². The number of nitrogens with zero attached hydrogens (tertiary/aromatic N) is 1. The van der Waals surface area contributed by atoms with Crippen LogP contribution in [0.15, 0.2) is 18.2 Å². The fraction of sp³-hybridized carbons (Fsp3) is 0.462. The number of phenolic OH excluding ortho intramolecular Hbond substituents is 1. The Morgan fingerprint density at radius 3 is 2.89 bits per heavy atom. The molecule has 1 fully saturated rings. The molecule has 1 aromatic carbocycles. The lowest BCUT2D eigenvalue weighted by Gasteiger charge is -2.25. The maximum absolute atomic E-state index is 12.9. The molecule has 1 aromatic rings. The third kappa shape index (κ3) is 2.46. The zero-order valence-corrected chi connectivity index (χ0v) is 10.3. The molecule has 5 heteroatoms. The van der Waals surface area contributed by atoms with E-state index in [1.165, 1.54) is 6.07 Å². The van der Waals surface area contributed by atoms with E-state index in [2.05, 4.69) is 4.90 Å². The molecule has 0 spiro atoms. The minimum Gasteiger partial charge on any atom is -0.508 e. The number of rotatable bonds is 3. The zero-order chi connectivity index (χ0) is 13.3. The first-order valence-electron chi connectivity index (χ1n) is 6.01. The van der Waals surface area contributed by atoms with Crippen LogP contribution in [0.25, 0.3) is 0 Å². The maximum atomic E-state index is 12.9. The van der Waals surface area contributed by atoms with Gasteiger partial charge in [-0.05, 0) is 26.0 Å². The van der Waals surface area contributed by atoms with Crippen LogP contribution in [-0.2, 0) is 4.79 Å². The zero-order valence-electron chi connectivity index (χ0n) is 10.3. The number of aromatic hydroxyl groups is 1. The van der Waals surface area contributed by atoms with Gasteiger partial charge in [0.05, 0.1) is 5.92 Å². The molecule has 2 atom stereocenters. The number of likely N-dealkylation sites (tertiary alicyclic amines) is 1. The third-order valence-electron chi connectivity index (χ3n) is 3.61. The van der Waals surface area contributed by atoms with Crippen LogP contribution in [0, 0.1) is 11.7 Å². The van der Waals surface area contributed by atoms with Gasteiger partial charge in [-0.2, -0.15) is 0 Å². The Labute approximate surface area is 105 Å². The average molecular weight is 252 g/mol. The second kappa shape index (κ2) is 4.94. The average Bonchev–Trinajstić information content (AvgIpc) is 2.77. The van der Waals surface area contributed by atoms with Gasteiger partial charge in [0.2, 0.25) is 5.91 Å². The smallest absolute Gasteiger partial charge is 0.221 e. The standard InChI is InChI=1S/C13H17FN2O2/c1-8(11-3-2-10(14)6-12(11)17)16-5-4-9(7-16)13(15)18/h2-3,6,8-9,17H,4-5,7H2,1H3,(H2,15,18). The van der Waals surface area contributed by atoms with Gasteiger partial charge < -0.3 is 10.8 Å². The Morgan fingerprint density at radius 1 is 1.61 bits per heavy atom. The van der Waals surface area contributed by atoms with E-state index in [-0.39, 0.29) is 23.6 Å². The number of carbonyl (C=O) groups excluding carboxylic acids is 1. The monoisotopic (exact) mass is 252 g/mol. The van der Waals surface area contributed by atoms with E-state index in [1.807, 2.05) is 6.92 Å². The van der Waals surface area contributed by atoms with Gasteiger partial charge in [-0.1, -0.05) is 6.07 Å². The third-order valence-corrected chi connectivity index (χ3v) is 3.61. The first kappa shape index (κ1) is 12.8. The van der Waals surface area contributed by atoms with Crippen LogP contribution in [-0.4, -0.2) is 29.0 Å². The van der Waals surface area contributed by atoms with Gasteiger partial charge >= 0.3 is 0 Å². The van der Waals surface area contributed by atoms with Crippen molar-refractivity contribution in [1.82, 2.24) is 4.90 Å². The van der Waals surface area contributed by atoms with Crippen LogP contribution in [0.2, 0.25) is 0 Å². The van der Waals surface area contributed by atoms with Crippen molar-refractivity contribution in [1.29, 1.82) is 0 Å². The Balaban J connectivity index is 2.12. The largest absolute Gasteiger partial charge is 0.508 e. The Morgan fingerprint density at radius 2 is 2.33 bits per heavy atom. The molecule has 2 rings (SSSR count). The quantitative estimate of drug-likeness (QED) is 0.854. The Hall–Kier alpha value is -1.62. The van der Waals surface area contributed by atoms with Crippen LogP contribution >= 0.6 is 0 Å². The molecule has 18 heavy (non-hydrogen) atoms. The summed E-state index contributed by atoms with van der Waals surface area (Å²) in [6.45, 7) is 3.27. The second-order valence-corrected chi connectivity index (χ2v) is 4.76. The molecule has 1 amide bonds. The SMILES string of the molecule is CC(c1ccc(F)cc1O)N1CCC(C(N)=O)C1. The summed E-state index contributed by atoms with van der Waals surface area (Å²) in [6.07, 6.45) is 0.738. The van der Waals surface area contributed by atoms with Crippen molar-refractivity contribution in [3.8, 4) is 5.75 Å². The highest BCUT2D eigenvalue weighted by Crippen LogP contribution is 2.32. The van der Waals surface area contributed by atoms with Crippen LogP contribution < -0.4 is 5.73 Å². The van der Waals surface area contributed by atoms with Crippen molar-refractivity contribution < 1.29 is 14.3 Å². The van der Waals surface area contributed by atoms with Gasteiger partial charge in [0.25, 0.3) is 0 Å². The highest BCUT2D eigenvalue weighted by Gasteiger charge is 2.30. The number of hydrogen-bond acceptors (Lipinski definition) is 3. The molecule has 2 unspecified atom stereocenters. The summed E-state index contributed by atoms with van der Waals surface area (Å²) in [5.41, 5.74) is 5.95. The fourth-order valence-corrected chi connectivity index (χ4v) is 2.44. The molecule has 0 saturated carbocycles. The molecule has 0 bridgehead atoms. The molecule has 0 radical (unpaired) electrons. The molecule has 4 nitrogen and oxygen atoms in total. The summed E-state index contributed by atoms with van der Waals surface area (Å²) in [4.78, 5) is 13.2. The van der Waals surface area contributed by atoms with E-state index in [0.717, 1.165) is 19.0 Å². The van der Waals surface area contributed by atoms with E-state index in [1.54, 1.807) is 6.07 Å². The lowest BCUT2D eigenvalue weighted by molar-refractivity contribution is -0.121. The number of hydrogen-bond donors (Lipinski definition) is 2. The van der Waals surface area contributed by atoms with Gasteiger partial charge in [0.15, 0.2) is 0 Å². The Bertz CT molecular complexity index is 464. The molecule has 0 aliphatic carbocycles. The lowest BCUT2D eigenvalue weighted by Crippen LogP contribution is -2.29. The molecule has 1 saturated heterocycles. The fourth-order valence-electron chi connectivity index (χ4n) is 2.44. The van der Waals surface area contributed by atoms with Crippen molar-refractivity contribution in [2.45, 2.75) is 19.4 Å². The maximum Gasteiger partial charge on any atom is 0.221 e. The molecule has 0 aromatic heterocycles. The number of halogens is 1. The van der Waals surface area contributed by atoms with Crippen LogP contribution in [0.4, 0.5) is 4.39 Å². The topological polar surface area (TPSA) is 66.6 Å². The molecule has 1 aliphatic heterocycles.